The van der Waals surface area contributed by atoms with Crippen molar-refractivity contribution in [3.63, 3.8) is 0 Å². The molecule has 6 heteroatoms. The smallest absolute Gasteiger partial charge is 0.228 e. The van der Waals surface area contributed by atoms with Crippen LogP contribution in [0.15, 0.2) is 16.7 Å². The Bertz CT molecular complexity index is 427. The van der Waals surface area contributed by atoms with Crippen LogP contribution in [0.4, 0.5) is 5.82 Å². The Morgan fingerprint density at radius 2 is 2.38 bits per heavy atom. The quantitative estimate of drug-likeness (QED) is 0.502. The van der Waals surface area contributed by atoms with E-state index in [0.717, 1.165) is 25.7 Å². The summed E-state index contributed by atoms with van der Waals surface area (Å²) in [6, 6.07) is 1.97. The molecule has 0 aliphatic carbocycles. The van der Waals surface area contributed by atoms with Gasteiger partial charge in [0.2, 0.25) is 5.91 Å². The molecular weight excluding hydrogens is 451 g/mol. The zero-order valence-corrected chi connectivity index (χ0v) is 13.6. The molecule has 0 bridgehead atoms. The first-order chi connectivity index (χ1) is 7.61. The highest BCUT2D eigenvalue weighted by atomic mass is 127. The number of aromatic nitrogens is 1. The van der Waals surface area contributed by atoms with Crippen molar-refractivity contribution in [2.75, 3.05) is 16.8 Å². The summed E-state index contributed by atoms with van der Waals surface area (Å²) in [4.78, 5) is 17.9. The van der Waals surface area contributed by atoms with E-state index in [0.29, 0.717) is 12.3 Å². The Morgan fingerprint density at radius 1 is 1.62 bits per heavy atom. The van der Waals surface area contributed by atoms with Crippen LogP contribution in [0.3, 0.4) is 0 Å². The summed E-state index contributed by atoms with van der Waals surface area (Å²) in [5.41, 5.74) is 0. The van der Waals surface area contributed by atoms with Gasteiger partial charge < -0.3 is 0 Å². The summed E-state index contributed by atoms with van der Waals surface area (Å²) in [7, 11) is 0. The first-order valence-electron chi connectivity index (χ1n) is 4.79. The molecule has 0 aromatic carbocycles. The molecule has 1 aliphatic heterocycles. The van der Waals surface area contributed by atoms with Crippen molar-refractivity contribution in [1.82, 2.24) is 4.98 Å². The Kier molecular flexibility index (Phi) is 4.23. The van der Waals surface area contributed by atoms with Gasteiger partial charge in [0, 0.05) is 29.0 Å². The van der Waals surface area contributed by atoms with E-state index >= 15 is 0 Å². The highest BCUT2D eigenvalue weighted by molar-refractivity contribution is 14.1. The lowest BCUT2D eigenvalue weighted by molar-refractivity contribution is -0.117. The number of carbonyl (C=O) groups excluding carboxylic acids is 1. The van der Waals surface area contributed by atoms with Gasteiger partial charge in [0.25, 0.3) is 0 Å². The number of alkyl halides is 1. The van der Waals surface area contributed by atoms with Gasteiger partial charge in [0.1, 0.15) is 5.82 Å². The highest BCUT2D eigenvalue weighted by Crippen LogP contribution is 2.29. The minimum absolute atomic E-state index is 0.164. The standard InChI is InChI=1S/C10H9Br2IN2O/c11-3-6-1-9(16)15(5-6)10-8(13)2-7(12)4-14-10/h2,4,6H,1,3,5H2. The fourth-order valence-corrected chi connectivity index (χ4v) is 3.65. The lowest BCUT2D eigenvalue weighted by atomic mass is 10.2. The van der Waals surface area contributed by atoms with Crippen LogP contribution >= 0.6 is 54.5 Å². The van der Waals surface area contributed by atoms with E-state index in [4.69, 9.17) is 0 Å². The van der Waals surface area contributed by atoms with E-state index in [1.165, 1.54) is 0 Å². The monoisotopic (exact) mass is 458 g/mol. The summed E-state index contributed by atoms with van der Waals surface area (Å²) in [6.45, 7) is 0.759. The van der Waals surface area contributed by atoms with Crippen molar-refractivity contribution >= 4 is 66.2 Å². The number of rotatable bonds is 2. The molecule has 1 aromatic heterocycles. The van der Waals surface area contributed by atoms with Crippen LogP contribution in [0.2, 0.25) is 0 Å². The van der Waals surface area contributed by atoms with Crippen molar-refractivity contribution in [3.8, 4) is 0 Å². The summed E-state index contributed by atoms with van der Waals surface area (Å²) in [6.07, 6.45) is 2.34. The largest absolute Gasteiger partial charge is 0.296 e. The predicted molar refractivity (Wildman–Crippen MR) is 78.9 cm³/mol. The fourth-order valence-electron chi connectivity index (χ4n) is 1.70. The summed E-state index contributed by atoms with van der Waals surface area (Å²) in [5.74, 6) is 1.34. The molecule has 3 nitrogen and oxygen atoms in total. The summed E-state index contributed by atoms with van der Waals surface area (Å²) < 4.78 is 1.93. The van der Waals surface area contributed by atoms with Gasteiger partial charge in [-0.05, 0) is 50.5 Å². The Balaban J connectivity index is 2.28. The van der Waals surface area contributed by atoms with Crippen molar-refractivity contribution in [1.29, 1.82) is 0 Å². The molecule has 1 fully saturated rings. The minimum Gasteiger partial charge on any atom is -0.296 e. The maximum Gasteiger partial charge on any atom is 0.228 e. The van der Waals surface area contributed by atoms with Gasteiger partial charge in [-0.2, -0.15) is 0 Å². The van der Waals surface area contributed by atoms with Crippen molar-refractivity contribution in [3.05, 3.63) is 20.3 Å². The molecule has 2 rings (SSSR count). The number of hydrogen-bond donors (Lipinski definition) is 0. The molecule has 1 atom stereocenters. The van der Waals surface area contributed by atoms with E-state index in [1.807, 2.05) is 6.07 Å². The van der Waals surface area contributed by atoms with Gasteiger partial charge in [0.15, 0.2) is 0 Å². The second-order valence-corrected chi connectivity index (χ2v) is 6.41. The van der Waals surface area contributed by atoms with E-state index < -0.39 is 0 Å². The molecule has 86 valence electrons. The minimum atomic E-state index is 0.164. The SMILES string of the molecule is O=C1CC(CBr)CN1c1ncc(Br)cc1I. The molecule has 1 aliphatic rings. The van der Waals surface area contributed by atoms with Crippen molar-refractivity contribution in [2.45, 2.75) is 6.42 Å². The van der Waals surface area contributed by atoms with Crippen LogP contribution in [-0.2, 0) is 4.79 Å². The van der Waals surface area contributed by atoms with Gasteiger partial charge in [-0.15, -0.1) is 0 Å². The number of pyridine rings is 1. The molecule has 0 radical (unpaired) electrons. The van der Waals surface area contributed by atoms with Gasteiger partial charge in [-0.3, -0.25) is 9.69 Å². The Labute approximate surface area is 124 Å². The molecule has 1 aromatic rings. The fraction of sp³-hybridized carbons (Fsp3) is 0.400. The van der Waals surface area contributed by atoms with Gasteiger partial charge in [-0.1, -0.05) is 15.9 Å². The maximum atomic E-state index is 11.8. The number of amides is 1. The molecule has 2 heterocycles. The van der Waals surface area contributed by atoms with Crippen molar-refractivity contribution in [2.24, 2.45) is 5.92 Å². The van der Waals surface area contributed by atoms with Crippen LogP contribution in [0.1, 0.15) is 6.42 Å². The van der Waals surface area contributed by atoms with Crippen molar-refractivity contribution < 1.29 is 4.79 Å². The zero-order chi connectivity index (χ0) is 11.7. The van der Waals surface area contributed by atoms with Crippen LogP contribution in [0.5, 0.6) is 0 Å². The normalized spacial score (nSPS) is 20.6. The van der Waals surface area contributed by atoms with E-state index in [2.05, 4.69) is 59.4 Å². The second kappa shape index (κ2) is 5.30. The molecule has 0 N–H and O–H groups in total. The highest BCUT2D eigenvalue weighted by Gasteiger charge is 2.31. The third-order valence-corrected chi connectivity index (χ3v) is 4.61. The average Bonchev–Trinajstić information content (AvgIpc) is 2.60. The molecule has 1 amide bonds. The van der Waals surface area contributed by atoms with Gasteiger partial charge in [0.05, 0.1) is 3.57 Å². The van der Waals surface area contributed by atoms with Crippen LogP contribution in [-0.4, -0.2) is 22.8 Å². The van der Waals surface area contributed by atoms with E-state index in [9.17, 15) is 4.79 Å². The summed E-state index contributed by atoms with van der Waals surface area (Å²) >= 11 is 9.00. The topological polar surface area (TPSA) is 33.2 Å². The van der Waals surface area contributed by atoms with Crippen LogP contribution in [0, 0.1) is 9.49 Å². The molecule has 1 saturated heterocycles. The van der Waals surface area contributed by atoms with E-state index in [-0.39, 0.29) is 5.91 Å². The molecule has 1 unspecified atom stereocenters. The third kappa shape index (κ3) is 2.59. The average molecular weight is 460 g/mol. The maximum absolute atomic E-state index is 11.8. The molecular formula is C10H9Br2IN2O. The van der Waals surface area contributed by atoms with Gasteiger partial charge in [-0.25, -0.2) is 4.98 Å². The summed E-state index contributed by atoms with van der Waals surface area (Å²) in [5, 5.41) is 0.863. The molecule has 16 heavy (non-hydrogen) atoms. The van der Waals surface area contributed by atoms with E-state index in [1.54, 1.807) is 11.1 Å². The van der Waals surface area contributed by atoms with Crippen LogP contribution in [0.25, 0.3) is 0 Å². The third-order valence-electron chi connectivity index (χ3n) is 2.47. The first kappa shape index (κ1) is 12.8. The zero-order valence-electron chi connectivity index (χ0n) is 8.29. The van der Waals surface area contributed by atoms with Crippen LogP contribution < -0.4 is 4.90 Å². The lowest BCUT2D eigenvalue weighted by Gasteiger charge is -2.16. The first-order valence-corrected chi connectivity index (χ1v) is 7.78. The molecule has 0 saturated carbocycles. The molecule has 0 spiro atoms. The number of anilines is 1. The number of halogens is 3. The number of carbonyl (C=O) groups is 1. The number of hydrogen-bond acceptors (Lipinski definition) is 2. The Hall–Kier alpha value is 0.310. The number of nitrogens with zero attached hydrogens (tertiary/aromatic N) is 2. The lowest BCUT2D eigenvalue weighted by Crippen LogP contribution is -2.26. The Morgan fingerprint density at radius 3 is 2.94 bits per heavy atom. The predicted octanol–water partition coefficient (Wildman–Crippen LogP) is 3.20. The second-order valence-electron chi connectivity index (χ2n) is 3.69. The van der Waals surface area contributed by atoms with Gasteiger partial charge >= 0.3 is 0 Å².